The lowest BCUT2D eigenvalue weighted by molar-refractivity contribution is -0.122. The Morgan fingerprint density at radius 2 is 2.04 bits per heavy atom. The van der Waals surface area contributed by atoms with Crippen molar-refractivity contribution in [2.75, 3.05) is 23.9 Å². The number of nitrogens with zero attached hydrogens (tertiary/aromatic N) is 1. The first-order valence-electron chi connectivity index (χ1n) is 7.57. The molecule has 2 aromatic rings. The molecule has 0 bridgehead atoms. The highest BCUT2D eigenvalue weighted by Crippen LogP contribution is 2.28. The fourth-order valence-electron chi connectivity index (χ4n) is 2.72. The molecule has 2 aromatic carbocycles. The molecule has 0 spiro atoms. The van der Waals surface area contributed by atoms with Gasteiger partial charge in [-0.15, -0.1) is 0 Å². The normalized spacial score (nSPS) is 17.0. The standard InChI is InChI=1S/C18H17ClN2O3/c1-24-16-7-3-5-14(10-16)20-18(23)12-8-17(22)21(11-12)15-6-2-4-13(19)9-15/h2-7,9-10,12H,8,11H2,1H3,(H,20,23)/t12-/m1/s1. The molecule has 1 heterocycles. The van der Waals surface area contributed by atoms with Gasteiger partial charge >= 0.3 is 0 Å². The van der Waals surface area contributed by atoms with Gasteiger partial charge in [0, 0.05) is 35.4 Å². The van der Waals surface area contributed by atoms with E-state index in [1.807, 2.05) is 6.07 Å². The van der Waals surface area contributed by atoms with E-state index in [1.54, 1.807) is 54.5 Å². The summed E-state index contributed by atoms with van der Waals surface area (Å²) in [5, 5.41) is 3.40. The number of amides is 2. The van der Waals surface area contributed by atoms with Crippen molar-refractivity contribution < 1.29 is 14.3 Å². The highest BCUT2D eigenvalue weighted by molar-refractivity contribution is 6.31. The predicted molar refractivity (Wildman–Crippen MR) is 93.5 cm³/mol. The van der Waals surface area contributed by atoms with Crippen molar-refractivity contribution in [2.45, 2.75) is 6.42 Å². The molecule has 24 heavy (non-hydrogen) atoms. The summed E-state index contributed by atoms with van der Waals surface area (Å²) in [5.74, 6) is 0.00252. The summed E-state index contributed by atoms with van der Waals surface area (Å²) in [6.45, 7) is 0.342. The zero-order valence-corrected chi connectivity index (χ0v) is 13.9. The number of carbonyl (C=O) groups excluding carboxylic acids is 2. The maximum absolute atomic E-state index is 12.4. The number of nitrogens with one attached hydrogen (secondary N) is 1. The maximum Gasteiger partial charge on any atom is 0.229 e. The Morgan fingerprint density at radius 1 is 1.25 bits per heavy atom. The number of hydrogen-bond donors (Lipinski definition) is 1. The van der Waals surface area contributed by atoms with Crippen LogP contribution in [0.1, 0.15) is 6.42 Å². The van der Waals surface area contributed by atoms with Crippen LogP contribution in [0, 0.1) is 5.92 Å². The molecule has 1 aliphatic rings. The Bertz CT molecular complexity index is 778. The van der Waals surface area contributed by atoms with Crippen LogP contribution in [-0.2, 0) is 9.59 Å². The van der Waals surface area contributed by atoms with Crippen molar-refractivity contribution in [1.29, 1.82) is 0 Å². The zero-order chi connectivity index (χ0) is 17.1. The van der Waals surface area contributed by atoms with Crippen LogP contribution in [0.2, 0.25) is 5.02 Å². The maximum atomic E-state index is 12.4. The molecular weight excluding hydrogens is 328 g/mol. The molecule has 3 rings (SSSR count). The van der Waals surface area contributed by atoms with E-state index in [2.05, 4.69) is 5.32 Å². The summed E-state index contributed by atoms with van der Waals surface area (Å²) in [7, 11) is 1.57. The SMILES string of the molecule is COc1cccc(NC(=O)[C@@H]2CC(=O)N(c3cccc(Cl)c3)C2)c1. The van der Waals surface area contributed by atoms with Crippen molar-refractivity contribution in [1.82, 2.24) is 0 Å². The monoisotopic (exact) mass is 344 g/mol. The summed E-state index contributed by atoms with van der Waals surface area (Å²) in [6.07, 6.45) is 0.183. The molecule has 2 amide bonds. The van der Waals surface area contributed by atoms with Gasteiger partial charge < -0.3 is 15.0 Å². The summed E-state index contributed by atoms with van der Waals surface area (Å²) in [5.41, 5.74) is 1.36. The molecule has 1 fully saturated rings. The molecule has 124 valence electrons. The molecule has 1 aliphatic heterocycles. The summed E-state index contributed by atoms with van der Waals surface area (Å²) >= 11 is 5.98. The first-order valence-corrected chi connectivity index (χ1v) is 7.95. The van der Waals surface area contributed by atoms with Crippen molar-refractivity contribution in [2.24, 2.45) is 5.92 Å². The molecule has 0 radical (unpaired) electrons. The van der Waals surface area contributed by atoms with Crippen molar-refractivity contribution in [3.05, 3.63) is 53.6 Å². The Kier molecular flexibility index (Phi) is 4.71. The van der Waals surface area contributed by atoms with E-state index < -0.39 is 5.92 Å². The minimum atomic E-state index is -0.400. The molecule has 0 aromatic heterocycles. The van der Waals surface area contributed by atoms with Crippen LogP contribution < -0.4 is 15.0 Å². The van der Waals surface area contributed by atoms with Gasteiger partial charge in [-0.25, -0.2) is 0 Å². The van der Waals surface area contributed by atoms with E-state index in [1.165, 1.54) is 0 Å². The average molecular weight is 345 g/mol. The number of halogens is 1. The first-order chi connectivity index (χ1) is 11.6. The molecular formula is C18H17ClN2O3. The minimum absolute atomic E-state index is 0.0805. The smallest absolute Gasteiger partial charge is 0.229 e. The Morgan fingerprint density at radius 3 is 2.79 bits per heavy atom. The number of anilines is 2. The molecule has 0 aliphatic carbocycles. The van der Waals surface area contributed by atoms with Gasteiger partial charge in [0.2, 0.25) is 11.8 Å². The van der Waals surface area contributed by atoms with Crippen LogP contribution in [-0.4, -0.2) is 25.5 Å². The van der Waals surface area contributed by atoms with Gasteiger partial charge in [0.05, 0.1) is 13.0 Å². The molecule has 6 heteroatoms. The van der Waals surface area contributed by atoms with E-state index in [-0.39, 0.29) is 18.2 Å². The zero-order valence-electron chi connectivity index (χ0n) is 13.2. The number of ether oxygens (including phenoxy) is 1. The van der Waals surface area contributed by atoms with Crippen molar-refractivity contribution in [3.8, 4) is 5.75 Å². The molecule has 1 atom stereocenters. The van der Waals surface area contributed by atoms with Crippen LogP contribution in [0.4, 0.5) is 11.4 Å². The first kappa shape index (κ1) is 16.3. The molecule has 5 nitrogen and oxygen atoms in total. The van der Waals surface area contributed by atoms with Crippen LogP contribution in [0.25, 0.3) is 0 Å². The van der Waals surface area contributed by atoms with E-state index in [4.69, 9.17) is 16.3 Å². The van der Waals surface area contributed by atoms with Crippen LogP contribution in [0.3, 0.4) is 0 Å². The van der Waals surface area contributed by atoms with Gasteiger partial charge in [0.25, 0.3) is 0 Å². The lowest BCUT2D eigenvalue weighted by Gasteiger charge is -2.17. The second-order valence-corrected chi connectivity index (χ2v) is 6.04. The van der Waals surface area contributed by atoms with Crippen LogP contribution in [0.5, 0.6) is 5.75 Å². The van der Waals surface area contributed by atoms with E-state index in [0.29, 0.717) is 28.7 Å². The Labute approximate surface area is 145 Å². The fourth-order valence-corrected chi connectivity index (χ4v) is 2.91. The van der Waals surface area contributed by atoms with Gasteiger partial charge in [0.1, 0.15) is 5.75 Å². The lowest BCUT2D eigenvalue weighted by atomic mass is 10.1. The quantitative estimate of drug-likeness (QED) is 0.925. The summed E-state index contributed by atoms with van der Waals surface area (Å²) in [6, 6.07) is 14.2. The predicted octanol–water partition coefficient (Wildman–Crippen LogP) is 3.34. The van der Waals surface area contributed by atoms with Gasteiger partial charge in [0.15, 0.2) is 0 Å². The number of hydrogen-bond acceptors (Lipinski definition) is 3. The second-order valence-electron chi connectivity index (χ2n) is 5.61. The molecule has 1 saturated heterocycles. The average Bonchev–Trinajstić information content (AvgIpc) is 2.97. The third kappa shape index (κ3) is 3.51. The van der Waals surface area contributed by atoms with Crippen molar-refractivity contribution in [3.63, 3.8) is 0 Å². The summed E-state index contributed by atoms with van der Waals surface area (Å²) < 4.78 is 5.14. The molecule has 1 N–H and O–H groups in total. The van der Waals surface area contributed by atoms with E-state index in [0.717, 1.165) is 0 Å². The third-order valence-electron chi connectivity index (χ3n) is 3.95. The number of carbonyl (C=O) groups is 2. The Balaban J connectivity index is 1.69. The number of methoxy groups -OCH3 is 1. The number of rotatable bonds is 4. The molecule has 0 saturated carbocycles. The van der Waals surface area contributed by atoms with Gasteiger partial charge in [-0.05, 0) is 30.3 Å². The van der Waals surface area contributed by atoms with Gasteiger partial charge in [-0.1, -0.05) is 23.7 Å². The number of benzene rings is 2. The summed E-state index contributed by atoms with van der Waals surface area (Å²) in [4.78, 5) is 26.3. The minimum Gasteiger partial charge on any atom is -0.497 e. The van der Waals surface area contributed by atoms with Crippen LogP contribution in [0.15, 0.2) is 48.5 Å². The van der Waals surface area contributed by atoms with Crippen LogP contribution >= 0.6 is 11.6 Å². The van der Waals surface area contributed by atoms with Gasteiger partial charge in [-0.2, -0.15) is 0 Å². The molecule has 0 unspecified atom stereocenters. The lowest BCUT2D eigenvalue weighted by Crippen LogP contribution is -2.28. The second kappa shape index (κ2) is 6.93. The van der Waals surface area contributed by atoms with E-state index in [9.17, 15) is 9.59 Å². The topological polar surface area (TPSA) is 58.6 Å². The van der Waals surface area contributed by atoms with Crippen molar-refractivity contribution >= 4 is 34.8 Å². The fraction of sp³-hybridized carbons (Fsp3) is 0.222. The third-order valence-corrected chi connectivity index (χ3v) is 4.19. The van der Waals surface area contributed by atoms with E-state index >= 15 is 0 Å². The largest absolute Gasteiger partial charge is 0.497 e. The highest BCUT2D eigenvalue weighted by atomic mass is 35.5. The Hall–Kier alpha value is -2.53. The highest BCUT2D eigenvalue weighted by Gasteiger charge is 2.35. The van der Waals surface area contributed by atoms with Gasteiger partial charge in [-0.3, -0.25) is 9.59 Å².